The number of para-hydroxylation sites is 6. The maximum Gasteiger partial charge on any atom is 0.0789 e. The number of rotatable bonds is 6. The number of nitrogens with zero attached hydrogens (tertiary/aromatic N) is 4. The molecule has 11 aromatic carbocycles. The predicted octanol–water partition coefficient (Wildman–Crippen LogP) is 17.2. The quantitative estimate of drug-likeness (QED) is 0.166. The van der Waals surface area contributed by atoms with Crippen molar-refractivity contribution >= 4 is 132 Å². The van der Waals surface area contributed by atoms with E-state index in [4.69, 9.17) is 0 Å². The van der Waals surface area contributed by atoms with Gasteiger partial charge in [-0.25, -0.2) is 0 Å². The molecule has 0 fully saturated rings. The van der Waals surface area contributed by atoms with E-state index >= 15 is 0 Å². The molecule has 0 atom stereocenters. The van der Waals surface area contributed by atoms with E-state index < -0.39 is 0 Å². The highest BCUT2D eigenvalue weighted by molar-refractivity contribution is 6.41. The molecule has 0 amide bonds. The summed E-state index contributed by atoms with van der Waals surface area (Å²) in [6.07, 6.45) is 0. The number of anilines is 6. The molecule has 4 heteroatoms. The van der Waals surface area contributed by atoms with Crippen molar-refractivity contribution in [1.29, 1.82) is 0 Å². The summed E-state index contributed by atoms with van der Waals surface area (Å²) in [6, 6.07) is 84.7. The van der Waals surface area contributed by atoms with E-state index in [1.54, 1.807) is 0 Å². The van der Waals surface area contributed by atoms with Crippen molar-refractivity contribution in [3.8, 4) is 0 Å². The smallest absolute Gasteiger partial charge is 0.0789 e. The molecule has 306 valence electrons. The van der Waals surface area contributed by atoms with Gasteiger partial charge in [-0.15, -0.1) is 0 Å². The highest BCUT2D eigenvalue weighted by Gasteiger charge is 2.30. The molecule has 0 radical (unpaired) electrons. The summed E-state index contributed by atoms with van der Waals surface area (Å²) in [5.41, 5.74) is 14.1. The van der Waals surface area contributed by atoms with Gasteiger partial charge in [-0.3, -0.25) is 0 Å². The summed E-state index contributed by atoms with van der Waals surface area (Å²) in [6.45, 7) is 0. The largest absolute Gasteiger partial charge is 0.308 e. The first-order chi connectivity index (χ1) is 32.8. The zero-order valence-electron chi connectivity index (χ0n) is 35.7. The van der Waals surface area contributed by atoms with Crippen LogP contribution in [0.3, 0.4) is 0 Å². The van der Waals surface area contributed by atoms with Crippen molar-refractivity contribution in [2.45, 2.75) is 0 Å². The fourth-order valence-corrected chi connectivity index (χ4v) is 11.7. The SMILES string of the molecule is c1ccc(N(c2ccccc2)c2cccc3c4cccc5c6c7c8c9ccccc9cc9c%10c%11ccccc%11cc(N(c%11ccccc%11)c%11ccccc%11)c%10n(c7ccc6n(c23)c45)c98)cc1. The molecule has 0 aliphatic heterocycles. The molecule has 0 unspecified atom stereocenters. The van der Waals surface area contributed by atoms with Crippen molar-refractivity contribution in [3.63, 3.8) is 0 Å². The highest BCUT2D eigenvalue weighted by atomic mass is 15.2. The van der Waals surface area contributed by atoms with Gasteiger partial charge in [-0.1, -0.05) is 152 Å². The average Bonchev–Trinajstić information content (AvgIpc) is 4.12. The lowest BCUT2D eigenvalue weighted by Gasteiger charge is -2.27. The van der Waals surface area contributed by atoms with Gasteiger partial charge in [0.1, 0.15) is 0 Å². The Balaban J connectivity index is 1.15. The first kappa shape index (κ1) is 35.6. The molecule has 0 N–H and O–H groups in total. The van der Waals surface area contributed by atoms with E-state index in [2.05, 4.69) is 249 Å². The maximum absolute atomic E-state index is 2.62. The van der Waals surface area contributed by atoms with Crippen LogP contribution in [0.1, 0.15) is 0 Å². The second kappa shape index (κ2) is 13.3. The normalized spacial score (nSPS) is 12.2. The van der Waals surface area contributed by atoms with Crippen molar-refractivity contribution < 1.29 is 0 Å². The molecule has 0 aliphatic rings. The Morgan fingerprint density at radius 1 is 0.242 bits per heavy atom. The molecular weight excluding hydrogens is 801 g/mol. The lowest BCUT2D eigenvalue weighted by atomic mass is 9.95. The molecule has 4 aromatic heterocycles. The number of aromatic nitrogens is 2. The monoisotopic (exact) mass is 838 g/mol. The summed E-state index contributed by atoms with van der Waals surface area (Å²) in [4.78, 5) is 4.87. The molecule has 0 spiro atoms. The first-order valence-electron chi connectivity index (χ1n) is 22.8. The number of hydrogen-bond acceptors (Lipinski definition) is 2. The Bertz CT molecular complexity index is 4300. The number of benzene rings is 11. The van der Waals surface area contributed by atoms with Gasteiger partial charge in [0.2, 0.25) is 0 Å². The Kier molecular flexibility index (Phi) is 7.19. The maximum atomic E-state index is 2.62. The van der Waals surface area contributed by atoms with Crippen LogP contribution >= 0.6 is 0 Å². The van der Waals surface area contributed by atoms with E-state index in [1.807, 2.05) is 0 Å². The third-order valence-corrected chi connectivity index (χ3v) is 14.2. The highest BCUT2D eigenvalue weighted by Crippen LogP contribution is 2.53. The fourth-order valence-electron chi connectivity index (χ4n) is 11.7. The Morgan fingerprint density at radius 3 is 1.29 bits per heavy atom. The van der Waals surface area contributed by atoms with Gasteiger partial charge >= 0.3 is 0 Å². The summed E-state index contributed by atoms with van der Waals surface area (Å²) in [5, 5.41) is 15.2. The van der Waals surface area contributed by atoms with Gasteiger partial charge in [0.05, 0.1) is 44.5 Å². The molecule has 66 heavy (non-hydrogen) atoms. The minimum Gasteiger partial charge on any atom is -0.308 e. The molecule has 4 heterocycles. The van der Waals surface area contributed by atoms with Crippen LogP contribution in [0, 0.1) is 0 Å². The Hall–Kier alpha value is -8.86. The predicted molar refractivity (Wildman–Crippen MR) is 280 cm³/mol. The second-order valence-corrected chi connectivity index (χ2v) is 17.6. The van der Waals surface area contributed by atoms with Crippen LogP contribution in [-0.2, 0) is 0 Å². The number of fused-ring (bicyclic) bond motifs is 17. The zero-order chi connectivity index (χ0) is 43.0. The van der Waals surface area contributed by atoms with Crippen LogP contribution < -0.4 is 9.80 Å². The van der Waals surface area contributed by atoms with E-state index in [-0.39, 0.29) is 0 Å². The van der Waals surface area contributed by atoms with Crippen LogP contribution in [-0.4, -0.2) is 8.80 Å². The number of hydrogen-bond donors (Lipinski definition) is 0. The molecule has 0 aliphatic carbocycles. The van der Waals surface area contributed by atoms with Crippen LogP contribution in [0.15, 0.2) is 231 Å². The molecule has 0 bridgehead atoms. The van der Waals surface area contributed by atoms with Crippen LogP contribution in [0.25, 0.3) is 97.7 Å². The van der Waals surface area contributed by atoms with Gasteiger partial charge in [0, 0.05) is 65.8 Å². The molecule has 4 nitrogen and oxygen atoms in total. The van der Waals surface area contributed by atoms with Gasteiger partial charge in [0.25, 0.3) is 0 Å². The third kappa shape index (κ3) is 4.66. The summed E-state index contributed by atoms with van der Waals surface area (Å²) in [7, 11) is 0. The lowest BCUT2D eigenvalue weighted by molar-refractivity contribution is 1.27. The van der Waals surface area contributed by atoms with Crippen molar-refractivity contribution in [2.24, 2.45) is 0 Å². The van der Waals surface area contributed by atoms with E-state index in [1.165, 1.54) is 97.7 Å². The topological polar surface area (TPSA) is 15.3 Å². The standard InChI is InChI=1S/C62H38N4/c1-5-21-41(22-6-1)63(42-23-7-2-8-24-42)53-34-18-32-48-47-31-17-33-49-56-51(65(59(47)49)60(48)53)35-36-52-58(56)57-46-30-16-13-19-39(46)37-50-55-45-29-15-14-20-40(45)38-54(62(55)66(52)61(50)57)64(43-25-9-3-10-26-43)44-27-11-4-12-28-44/h1-38H. The van der Waals surface area contributed by atoms with E-state index in [0.717, 1.165) is 34.1 Å². The molecule has 0 saturated carbocycles. The summed E-state index contributed by atoms with van der Waals surface area (Å²) >= 11 is 0. The van der Waals surface area contributed by atoms with Crippen LogP contribution in [0.5, 0.6) is 0 Å². The van der Waals surface area contributed by atoms with Crippen LogP contribution in [0.4, 0.5) is 34.1 Å². The summed E-state index contributed by atoms with van der Waals surface area (Å²) < 4.78 is 5.19. The molecule has 15 aromatic rings. The van der Waals surface area contributed by atoms with Gasteiger partial charge < -0.3 is 18.6 Å². The fraction of sp³-hybridized carbons (Fsp3) is 0. The van der Waals surface area contributed by atoms with Gasteiger partial charge in [-0.2, -0.15) is 0 Å². The van der Waals surface area contributed by atoms with Crippen molar-refractivity contribution in [1.82, 2.24) is 8.80 Å². The molecular formula is C62H38N4. The Labute approximate surface area is 379 Å². The van der Waals surface area contributed by atoms with Crippen molar-refractivity contribution in [3.05, 3.63) is 231 Å². The lowest BCUT2D eigenvalue weighted by Crippen LogP contribution is -2.11. The minimum atomic E-state index is 1.12. The van der Waals surface area contributed by atoms with E-state index in [9.17, 15) is 0 Å². The van der Waals surface area contributed by atoms with Gasteiger partial charge in [-0.05, 0) is 100 Å². The third-order valence-electron chi connectivity index (χ3n) is 14.2. The minimum absolute atomic E-state index is 1.12. The molecule has 0 saturated heterocycles. The second-order valence-electron chi connectivity index (χ2n) is 17.6. The van der Waals surface area contributed by atoms with Crippen molar-refractivity contribution in [2.75, 3.05) is 9.80 Å². The average molecular weight is 839 g/mol. The first-order valence-corrected chi connectivity index (χ1v) is 22.8. The van der Waals surface area contributed by atoms with E-state index in [0.29, 0.717) is 0 Å². The van der Waals surface area contributed by atoms with Crippen LogP contribution in [0.2, 0.25) is 0 Å². The van der Waals surface area contributed by atoms with Gasteiger partial charge in [0.15, 0.2) is 0 Å². The Morgan fingerprint density at radius 2 is 0.682 bits per heavy atom. The zero-order valence-corrected chi connectivity index (χ0v) is 35.7. The molecule has 15 rings (SSSR count). The summed E-state index contributed by atoms with van der Waals surface area (Å²) in [5.74, 6) is 0.